The summed E-state index contributed by atoms with van der Waals surface area (Å²) in [4.78, 5) is 15.5. The molecule has 1 aromatic heterocycles. The second kappa shape index (κ2) is 4.72. The molecule has 0 aliphatic rings. The molecule has 14 heavy (non-hydrogen) atoms. The number of pyridine rings is 1. The number of nitrogens with zero attached hydrogens (tertiary/aromatic N) is 1. The molecule has 0 unspecified atom stereocenters. The van der Waals surface area contributed by atoms with Crippen molar-refractivity contribution in [2.75, 3.05) is 6.61 Å². The molecule has 0 radical (unpaired) electrons. The average Bonchev–Trinajstić information content (AvgIpc) is 2.17. The van der Waals surface area contributed by atoms with E-state index in [1.54, 1.807) is 26.0 Å². The number of aryl methyl sites for hydroxylation is 1. The van der Waals surface area contributed by atoms with E-state index in [1.807, 2.05) is 0 Å². The lowest BCUT2D eigenvalue weighted by atomic mass is 10.2. The van der Waals surface area contributed by atoms with E-state index in [9.17, 15) is 4.79 Å². The van der Waals surface area contributed by atoms with Crippen molar-refractivity contribution >= 4 is 5.97 Å². The highest BCUT2D eigenvalue weighted by molar-refractivity contribution is 5.90. The molecular weight excluding hydrogens is 180 g/mol. The third-order valence-corrected chi connectivity index (χ3v) is 1.85. The van der Waals surface area contributed by atoms with Crippen LogP contribution in [0.1, 0.15) is 28.7 Å². The molecule has 0 fully saturated rings. The predicted octanol–water partition coefficient (Wildman–Crippen LogP) is 1.03. The molecule has 0 saturated carbocycles. The third kappa shape index (κ3) is 2.29. The van der Waals surface area contributed by atoms with Crippen molar-refractivity contribution in [2.24, 2.45) is 5.73 Å². The van der Waals surface area contributed by atoms with Gasteiger partial charge in [0.15, 0.2) is 0 Å². The monoisotopic (exact) mass is 194 g/mol. The molecule has 76 valence electrons. The molecule has 1 heterocycles. The van der Waals surface area contributed by atoms with E-state index in [4.69, 9.17) is 10.5 Å². The molecule has 0 saturated heterocycles. The molecule has 4 heteroatoms. The smallest absolute Gasteiger partial charge is 0.339 e. The largest absolute Gasteiger partial charge is 0.462 e. The summed E-state index contributed by atoms with van der Waals surface area (Å²) in [6.45, 7) is 4.29. The van der Waals surface area contributed by atoms with Gasteiger partial charge in [-0.2, -0.15) is 0 Å². The van der Waals surface area contributed by atoms with E-state index < -0.39 is 0 Å². The number of nitrogens with two attached hydrogens (primary N) is 1. The summed E-state index contributed by atoms with van der Waals surface area (Å²) in [7, 11) is 0. The number of hydrogen-bond donors (Lipinski definition) is 1. The van der Waals surface area contributed by atoms with E-state index >= 15 is 0 Å². The van der Waals surface area contributed by atoms with Crippen molar-refractivity contribution in [1.29, 1.82) is 0 Å². The van der Waals surface area contributed by atoms with Gasteiger partial charge in [0.1, 0.15) is 0 Å². The Morgan fingerprint density at radius 1 is 1.57 bits per heavy atom. The molecule has 4 nitrogen and oxygen atoms in total. The Labute approximate surface area is 83.1 Å². The molecule has 0 amide bonds. The SMILES string of the molecule is CCOC(=O)c1ccc(CN)nc1C. The van der Waals surface area contributed by atoms with E-state index in [2.05, 4.69) is 4.98 Å². The molecule has 1 rings (SSSR count). The van der Waals surface area contributed by atoms with Crippen LogP contribution in [0.25, 0.3) is 0 Å². The number of carbonyl (C=O) groups is 1. The van der Waals surface area contributed by atoms with Gasteiger partial charge in [0.2, 0.25) is 0 Å². The van der Waals surface area contributed by atoms with Crippen LogP contribution in [0.3, 0.4) is 0 Å². The first-order valence-electron chi connectivity index (χ1n) is 4.52. The van der Waals surface area contributed by atoms with Crippen LogP contribution in [0.4, 0.5) is 0 Å². The Balaban J connectivity index is 2.94. The molecule has 0 aliphatic carbocycles. The van der Waals surface area contributed by atoms with Crippen molar-refractivity contribution in [2.45, 2.75) is 20.4 Å². The van der Waals surface area contributed by atoms with Gasteiger partial charge in [-0.1, -0.05) is 0 Å². The highest BCUT2D eigenvalue weighted by Gasteiger charge is 2.10. The molecule has 0 aromatic carbocycles. The predicted molar refractivity (Wildman–Crippen MR) is 52.8 cm³/mol. The zero-order valence-corrected chi connectivity index (χ0v) is 8.41. The number of rotatable bonds is 3. The van der Waals surface area contributed by atoms with Gasteiger partial charge in [0, 0.05) is 6.54 Å². The Morgan fingerprint density at radius 3 is 2.79 bits per heavy atom. The van der Waals surface area contributed by atoms with Gasteiger partial charge >= 0.3 is 5.97 Å². The average molecular weight is 194 g/mol. The summed E-state index contributed by atoms with van der Waals surface area (Å²) in [5, 5.41) is 0. The minimum absolute atomic E-state index is 0.332. The van der Waals surface area contributed by atoms with Crippen molar-refractivity contribution < 1.29 is 9.53 Å². The van der Waals surface area contributed by atoms with Crippen LogP contribution in [0.5, 0.6) is 0 Å². The highest BCUT2D eigenvalue weighted by Crippen LogP contribution is 2.08. The van der Waals surface area contributed by atoms with Crippen LogP contribution >= 0.6 is 0 Å². The number of carbonyl (C=O) groups excluding carboxylic acids is 1. The first-order chi connectivity index (χ1) is 6.69. The number of ether oxygens (including phenoxy) is 1. The van der Waals surface area contributed by atoms with Crippen molar-refractivity contribution in [3.63, 3.8) is 0 Å². The maximum absolute atomic E-state index is 11.4. The van der Waals surface area contributed by atoms with E-state index in [0.717, 1.165) is 5.69 Å². The van der Waals surface area contributed by atoms with Gasteiger partial charge in [-0.3, -0.25) is 4.98 Å². The zero-order chi connectivity index (χ0) is 10.6. The molecule has 0 spiro atoms. The second-order valence-corrected chi connectivity index (χ2v) is 2.86. The maximum Gasteiger partial charge on any atom is 0.339 e. The van der Waals surface area contributed by atoms with Crippen LogP contribution in [0, 0.1) is 6.92 Å². The lowest BCUT2D eigenvalue weighted by Gasteiger charge is -2.05. The normalized spacial score (nSPS) is 9.93. The Kier molecular flexibility index (Phi) is 3.59. The standard InChI is InChI=1S/C10H14N2O2/c1-3-14-10(13)9-5-4-8(6-11)12-7(9)2/h4-5H,3,6,11H2,1-2H3. The lowest BCUT2D eigenvalue weighted by Crippen LogP contribution is -2.09. The van der Waals surface area contributed by atoms with Crippen LogP contribution < -0.4 is 5.73 Å². The number of aromatic nitrogens is 1. The first-order valence-corrected chi connectivity index (χ1v) is 4.52. The Bertz CT molecular complexity index is 337. The van der Waals surface area contributed by atoms with Gasteiger partial charge in [-0.05, 0) is 26.0 Å². The molecule has 1 aromatic rings. The van der Waals surface area contributed by atoms with Crippen molar-refractivity contribution in [3.8, 4) is 0 Å². The zero-order valence-electron chi connectivity index (χ0n) is 8.41. The van der Waals surface area contributed by atoms with Gasteiger partial charge in [-0.15, -0.1) is 0 Å². The summed E-state index contributed by atoms with van der Waals surface area (Å²) in [6.07, 6.45) is 0. The lowest BCUT2D eigenvalue weighted by molar-refractivity contribution is 0.0525. The van der Waals surface area contributed by atoms with Crippen LogP contribution in [0.2, 0.25) is 0 Å². The summed E-state index contributed by atoms with van der Waals surface area (Å²) in [5.41, 5.74) is 7.36. The van der Waals surface area contributed by atoms with Crippen LogP contribution in [-0.4, -0.2) is 17.6 Å². The minimum Gasteiger partial charge on any atom is -0.462 e. The summed E-state index contributed by atoms with van der Waals surface area (Å²) >= 11 is 0. The molecule has 2 N–H and O–H groups in total. The van der Waals surface area contributed by atoms with Gasteiger partial charge in [-0.25, -0.2) is 4.79 Å². The third-order valence-electron chi connectivity index (χ3n) is 1.85. The summed E-state index contributed by atoms with van der Waals surface area (Å²) in [6, 6.07) is 3.43. The minimum atomic E-state index is -0.332. The molecule has 0 aliphatic heterocycles. The highest BCUT2D eigenvalue weighted by atomic mass is 16.5. The quantitative estimate of drug-likeness (QED) is 0.730. The fraction of sp³-hybridized carbons (Fsp3) is 0.400. The number of hydrogen-bond acceptors (Lipinski definition) is 4. The van der Waals surface area contributed by atoms with Crippen LogP contribution in [-0.2, 0) is 11.3 Å². The van der Waals surface area contributed by atoms with Gasteiger partial charge < -0.3 is 10.5 Å². The Hall–Kier alpha value is -1.42. The topological polar surface area (TPSA) is 65.2 Å². The van der Waals surface area contributed by atoms with Gasteiger partial charge in [0.25, 0.3) is 0 Å². The fourth-order valence-corrected chi connectivity index (χ4v) is 1.15. The molecular formula is C10H14N2O2. The van der Waals surface area contributed by atoms with E-state index in [1.165, 1.54) is 0 Å². The van der Waals surface area contributed by atoms with Crippen molar-refractivity contribution in [1.82, 2.24) is 4.98 Å². The second-order valence-electron chi connectivity index (χ2n) is 2.86. The van der Waals surface area contributed by atoms with Gasteiger partial charge in [0.05, 0.1) is 23.6 Å². The summed E-state index contributed by atoms with van der Waals surface area (Å²) in [5.74, 6) is -0.332. The van der Waals surface area contributed by atoms with Crippen molar-refractivity contribution in [3.05, 3.63) is 29.1 Å². The summed E-state index contributed by atoms with van der Waals surface area (Å²) < 4.78 is 4.87. The number of esters is 1. The first kappa shape index (κ1) is 10.7. The maximum atomic E-state index is 11.4. The van der Waals surface area contributed by atoms with E-state index in [0.29, 0.717) is 24.4 Å². The fourth-order valence-electron chi connectivity index (χ4n) is 1.15. The van der Waals surface area contributed by atoms with E-state index in [-0.39, 0.29) is 5.97 Å². The molecule has 0 atom stereocenters. The molecule has 0 bridgehead atoms. The Morgan fingerprint density at radius 2 is 2.29 bits per heavy atom. The van der Waals surface area contributed by atoms with Crippen LogP contribution in [0.15, 0.2) is 12.1 Å².